The standard InChI is InChI=1S/C87H170O17P2/c1-7-10-12-14-16-18-20-21-22-23-24-28-31-34-40-46-52-58-64-70-85(90)98-76-83(103-86(91)71-65-59-53-47-41-35-32-29-26-25-27-30-33-39-44-50-56-62-68-80(6)9-3)78-102-106(95,96)100-74-81(88)73-99-105(93,94)101-77-82(75-97-84(89)69-63-57-51-45-37-19-17-15-13-11-8-2)104-87(92)72-66-60-54-48-42-36-38-43-49-55-61-67-79(4)5/h79-83,88H,7-78H2,1-6H3,(H,93,94)(H,95,96)/t80?,81-,82+,83+/m0/s1. The third-order valence-corrected chi connectivity index (χ3v) is 22.7. The molecule has 0 saturated heterocycles. The second-order valence-corrected chi connectivity index (χ2v) is 34.9. The first kappa shape index (κ1) is 104. The molecule has 0 aliphatic carbocycles. The Bertz CT molecular complexity index is 2030. The van der Waals surface area contributed by atoms with E-state index >= 15 is 0 Å². The van der Waals surface area contributed by atoms with Gasteiger partial charge in [0.2, 0.25) is 0 Å². The molecule has 3 N–H and O–H groups in total. The van der Waals surface area contributed by atoms with E-state index in [-0.39, 0.29) is 25.7 Å². The van der Waals surface area contributed by atoms with Crippen LogP contribution < -0.4 is 0 Å². The van der Waals surface area contributed by atoms with E-state index < -0.39 is 97.5 Å². The zero-order valence-corrected chi connectivity index (χ0v) is 71.5. The van der Waals surface area contributed by atoms with Crippen molar-refractivity contribution in [1.82, 2.24) is 0 Å². The van der Waals surface area contributed by atoms with Gasteiger partial charge in [-0.15, -0.1) is 0 Å². The van der Waals surface area contributed by atoms with Crippen LogP contribution in [0.4, 0.5) is 0 Å². The van der Waals surface area contributed by atoms with Crippen LogP contribution in [-0.2, 0) is 65.4 Å². The Morgan fingerprint density at radius 1 is 0.274 bits per heavy atom. The monoisotopic (exact) mass is 1550 g/mol. The van der Waals surface area contributed by atoms with Gasteiger partial charge in [-0.2, -0.15) is 0 Å². The quantitative estimate of drug-likeness (QED) is 0.0222. The summed E-state index contributed by atoms with van der Waals surface area (Å²) in [4.78, 5) is 73.2. The lowest BCUT2D eigenvalue weighted by atomic mass is 9.99. The number of phosphoric acid groups is 2. The molecule has 0 fully saturated rings. The topological polar surface area (TPSA) is 237 Å². The second-order valence-electron chi connectivity index (χ2n) is 32.0. The van der Waals surface area contributed by atoms with Gasteiger partial charge in [-0.1, -0.05) is 414 Å². The van der Waals surface area contributed by atoms with Gasteiger partial charge in [0.25, 0.3) is 0 Å². The molecule has 0 amide bonds. The van der Waals surface area contributed by atoms with Gasteiger partial charge in [0.15, 0.2) is 12.2 Å². The molecule has 3 unspecified atom stereocenters. The van der Waals surface area contributed by atoms with E-state index in [1.54, 1.807) is 0 Å². The van der Waals surface area contributed by atoms with Crippen LogP contribution in [0.2, 0.25) is 0 Å². The smallest absolute Gasteiger partial charge is 0.462 e. The van der Waals surface area contributed by atoms with Crippen LogP contribution in [0.5, 0.6) is 0 Å². The van der Waals surface area contributed by atoms with Crippen molar-refractivity contribution < 1.29 is 80.2 Å². The van der Waals surface area contributed by atoms with Gasteiger partial charge in [-0.3, -0.25) is 37.3 Å². The predicted molar refractivity (Wildman–Crippen MR) is 437 cm³/mol. The van der Waals surface area contributed by atoms with Crippen LogP contribution in [0.1, 0.15) is 465 Å². The number of aliphatic hydroxyl groups excluding tert-OH is 1. The largest absolute Gasteiger partial charge is 0.472 e. The van der Waals surface area contributed by atoms with Crippen molar-refractivity contribution in [2.45, 2.75) is 484 Å². The molecule has 106 heavy (non-hydrogen) atoms. The fourth-order valence-corrected chi connectivity index (χ4v) is 15.1. The Morgan fingerprint density at radius 3 is 0.717 bits per heavy atom. The zero-order valence-electron chi connectivity index (χ0n) is 69.7. The molecule has 0 saturated carbocycles. The van der Waals surface area contributed by atoms with Crippen molar-refractivity contribution in [2.75, 3.05) is 39.6 Å². The molecule has 0 heterocycles. The van der Waals surface area contributed by atoms with Crippen LogP contribution >= 0.6 is 15.6 Å². The first-order valence-corrected chi connectivity index (χ1v) is 48.0. The number of aliphatic hydroxyl groups is 1. The van der Waals surface area contributed by atoms with Gasteiger partial charge in [-0.05, 0) is 37.5 Å². The molecule has 0 radical (unpaired) electrons. The van der Waals surface area contributed by atoms with Crippen molar-refractivity contribution in [1.29, 1.82) is 0 Å². The Morgan fingerprint density at radius 2 is 0.481 bits per heavy atom. The van der Waals surface area contributed by atoms with Crippen molar-refractivity contribution in [3.8, 4) is 0 Å². The molecule has 0 aromatic carbocycles. The minimum Gasteiger partial charge on any atom is -0.462 e. The summed E-state index contributed by atoms with van der Waals surface area (Å²) >= 11 is 0. The van der Waals surface area contributed by atoms with Gasteiger partial charge in [0.05, 0.1) is 26.4 Å². The van der Waals surface area contributed by atoms with Crippen LogP contribution in [0, 0.1) is 11.8 Å². The van der Waals surface area contributed by atoms with Crippen LogP contribution in [0.3, 0.4) is 0 Å². The van der Waals surface area contributed by atoms with Gasteiger partial charge < -0.3 is 33.8 Å². The maximum absolute atomic E-state index is 13.2. The van der Waals surface area contributed by atoms with Gasteiger partial charge in [0, 0.05) is 25.7 Å². The molecule has 630 valence electrons. The van der Waals surface area contributed by atoms with Crippen molar-refractivity contribution >= 4 is 39.5 Å². The molecule has 0 rings (SSSR count). The molecule has 0 aliphatic rings. The summed E-state index contributed by atoms with van der Waals surface area (Å²) in [7, 11) is -9.93. The number of carbonyl (C=O) groups is 4. The van der Waals surface area contributed by atoms with E-state index in [0.29, 0.717) is 25.7 Å². The number of ether oxygens (including phenoxy) is 4. The molecular formula is C87H170O17P2. The van der Waals surface area contributed by atoms with Gasteiger partial charge in [0.1, 0.15) is 19.3 Å². The maximum atomic E-state index is 13.2. The Hall–Kier alpha value is -1.94. The zero-order chi connectivity index (χ0) is 77.8. The van der Waals surface area contributed by atoms with E-state index in [1.165, 1.54) is 283 Å². The summed E-state index contributed by atoms with van der Waals surface area (Å²) in [5.41, 5.74) is 0. The number of esters is 4. The summed E-state index contributed by atoms with van der Waals surface area (Å²) in [5.74, 6) is -0.464. The lowest BCUT2D eigenvalue weighted by molar-refractivity contribution is -0.161. The summed E-state index contributed by atoms with van der Waals surface area (Å²) in [6.45, 7) is 9.74. The molecular weight excluding hydrogens is 1380 g/mol. The Labute approximate surface area is 651 Å². The van der Waals surface area contributed by atoms with Crippen molar-refractivity contribution in [3.63, 3.8) is 0 Å². The molecule has 0 aliphatic heterocycles. The average Bonchev–Trinajstić information content (AvgIpc) is 0.901. The fraction of sp³-hybridized carbons (Fsp3) is 0.954. The third kappa shape index (κ3) is 78.7. The van der Waals surface area contributed by atoms with E-state index in [2.05, 4.69) is 41.5 Å². The van der Waals surface area contributed by atoms with E-state index in [4.69, 9.17) is 37.0 Å². The Kier molecular flexibility index (Phi) is 76.9. The highest BCUT2D eigenvalue weighted by atomic mass is 31.2. The molecule has 0 aromatic heterocycles. The number of hydrogen-bond donors (Lipinski definition) is 3. The first-order valence-electron chi connectivity index (χ1n) is 45.0. The number of hydrogen-bond acceptors (Lipinski definition) is 15. The van der Waals surface area contributed by atoms with E-state index in [1.807, 2.05) is 0 Å². The molecule has 6 atom stereocenters. The molecule has 0 spiro atoms. The number of carbonyl (C=O) groups excluding carboxylic acids is 4. The lowest BCUT2D eigenvalue weighted by Crippen LogP contribution is -2.30. The fourth-order valence-electron chi connectivity index (χ4n) is 13.6. The van der Waals surface area contributed by atoms with Crippen LogP contribution in [-0.4, -0.2) is 96.7 Å². The molecule has 0 aromatic rings. The Balaban J connectivity index is 5.23. The minimum atomic E-state index is -4.97. The van der Waals surface area contributed by atoms with Crippen molar-refractivity contribution in [2.24, 2.45) is 11.8 Å². The summed E-state index contributed by atoms with van der Waals surface area (Å²) in [6.07, 6.45) is 70.8. The second kappa shape index (κ2) is 78.3. The highest BCUT2D eigenvalue weighted by molar-refractivity contribution is 7.47. The van der Waals surface area contributed by atoms with Gasteiger partial charge >= 0.3 is 39.5 Å². The maximum Gasteiger partial charge on any atom is 0.472 e. The minimum absolute atomic E-state index is 0.107. The molecule has 19 heteroatoms. The number of phosphoric ester groups is 2. The number of unbranched alkanes of at least 4 members (excludes halogenated alkanes) is 55. The molecule has 0 bridgehead atoms. The summed E-state index contributed by atoms with van der Waals surface area (Å²) in [6, 6.07) is 0. The first-order chi connectivity index (χ1) is 51.4. The van der Waals surface area contributed by atoms with Crippen molar-refractivity contribution in [3.05, 3.63) is 0 Å². The highest BCUT2D eigenvalue weighted by Gasteiger charge is 2.30. The summed E-state index contributed by atoms with van der Waals surface area (Å²) in [5, 5.41) is 10.7. The average molecular weight is 1550 g/mol. The van der Waals surface area contributed by atoms with E-state index in [0.717, 1.165) is 102 Å². The summed E-state index contributed by atoms with van der Waals surface area (Å²) < 4.78 is 68.9. The molecule has 17 nitrogen and oxygen atoms in total. The predicted octanol–water partition coefficient (Wildman–Crippen LogP) is 26.6. The lowest BCUT2D eigenvalue weighted by Gasteiger charge is -2.21. The van der Waals surface area contributed by atoms with E-state index in [9.17, 15) is 43.2 Å². The number of rotatable bonds is 86. The third-order valence-electron chi connectivity index (χ3n) is 20.8. The highest BCUT2D eigenvalue weighted by Crippen LogP contribution is 2.45. The van der Waals surface area contributed by atoms with Gasteiger partial charge in [-0.25, -0.2) is 9.13 Å². The SMILES string of the molecule is CCCCCCCCCCCCCCCCCCCCCC(=O)OC[C@H](COP(=O)(O)OC[C@@H](O)COP(=O)(O)OC[C@@H](COC(=O)CCCCCCCCCCCCC)OC(=O)CCCCCCCCCCCCCC(C)C)OC(=O)CCCCCCCCCCCCCCCCCCCCC(C)CC. The van der Waals surface area contributed by atoms with Crippen LogP contribution in [0.25, 0.3) is 0 Å². The van der Waals surface area contributed by atoms with Crippen LogP contribution in [0.15, 0.2) is 0 Å². The normalized spacial score (nSPS) is 14.1.